The Balaban J connectivity index is 4.27. The monoisotopic (exact) mass is 691 g/mol. The van der Waals surface area contributed by atoms with Crippen molar-refractivity contribution in [2.45, 2.75) is 208 Å². The van der Waals surface area contributed by atoms with E-state index in [1.54, 1.807) is 0 Å². The number of unbranched alkanes of at least 4 members (excludes halogenated alkanes) is 17. The van der Waals surface area contributed by atoms with Crippen molar-refractivity contribution < 1.29 is 26.6 Å². The lowest BCUT2D eigenvalue weighted by Crippen LogP contribution is -2.46. The number of hydrogen-bond donors (Lipinski definition) is 0. The van der Waals surface area contributed by atoms with Gasteiger partial charge in [0.25, 0.3) is 0 Å². The fraction of sp³-hybridized carbons (Fsp3) is 1.00. The van der Waals surface area contributed by atoms with Crippen molar-refractivity contribution in [2.75, 3.05) is 39.6 Å². The van der Waals surface area contributed by atoms with Gasteiger partial charge in [-0.15, -0.1) is 0 Å². The molecule has 0 saturated carbocycles. The quantitative estimate of drug-likeness (QED) is 0.0473. The highest BCUT2D eigenvalue weighted by atomic mass is 28.4. The molecule has 6 nitrogen and oxygen atoms in total. The van der Waals surface area contributed by atoms with E-state index in [1.165, 1.54) is 64.2 Å². The van der Waals surface area contributed by atoms with E-state index in [1.807, 2.05) is 0 Å². The highest BCUT2D eigenvalue weighted by molar-refractivity contribution is 6.61. The van der Waals surface area contributed by atoms with Gasteiger partial charge in [-0.25, -0.2) is 0 Å². The summed E-state index contributed by atoms with van der Waals surface area (Å²) in [7, 11) is -5.12. The molecular formula is C38H82O6Si2. The van der Waals surface area contributed by atoms with Crippen LogP contribution in [0.5, 0.6) is 0 Å². The summed E-state index contributed by atoms with van der Waals surface area (Å²) in [4.78, 5) is 0. The molecule has 0 spiro atoms. The summed E-state index contributed by atoms with van der Waals surface area (Å²) in [5.74, 6) is 0. The zero-order valence-corrected chi connectivity index (χ0v) is 34.1. The minimum absolute atomic E-state index is 0.776. The Morgan fingerprint density at radius 2 is 0.413 bits per heavy atom. The summed E-state index contributed by atoms with van der Waals surface area (Å²) in [6, 6.07) is 1.96. The molecule has 0 saturated heterocycles. The van der Waals surface area contributed by atoms with Crippen LogP contribution in [-0.4, -0.2) is 57.3 Å². The van der Waals surface area contributed by atoms with Crippen LogP contribution in [0.25, 0.3) is 0 Å². The van der Waals surface area contributed by atoms with E-state index in [-0.39, 0.29) is 0 Å². The van der Waals surface area contributed by atoms with Gasteiger partial charge in [0.15, 0.2) is 0 Å². The van der Waals surface area contributed by atoms with Crippen molar-refractivity contribution in [3.8, 4) is 0 Å². The first-order chi connectivity index (χ1) is 22.6. The van der Waals surface area contributed by atoms with Gasteiger partial charge in [-0.2, -0.15) is 0 Å². The molecule has 0 radical (unpaired) electrons. The number of hydrogen-bond acceptors (Lipinski definition) is 6. The Kier molecular flexibility index (Phi) is 35.2. The van der Waals surface area contributed by atoms with Crippen LogP contribution < -0.4 is 0 Å². The van der Waals surface area contributed by atoms with Gasteiger partial charge in [0, 0.05) is 51.7 Å². The molecule has 0 N–H and O–H groups in total. The molecule has 8 heteroatoms. The van der Waals surface area contributed by atoms with Crippen LogP contribution in [0.3, 0.4) is 0 Å². The maximum Gasteiger partial charge on any atom is 0.500 e. The van der Waals surface area contributed by atoms with Crippen molar-refractivity contribution in [2.24, 2.45) is 0 Å². The largest absolute Gasteiger partial charge is 0.500 e. The van der Waals surface area contributed by atoms with Crippen LogP contribution in [0.1, 0.15) is 196 Å². The lowest BCUT2D eigenvalue weighted by molar-refractivity contribution is 0.0549. The molecule has 0 aliphatic carbocycles. The van der Waals surface area contributed by atoms with Crippen LogP contribution in [0, 0.1) is 0 Å². The van der Waals surface area contributed by atoms with Crippen LogP contribution >= 0.6 is 0 Å². The van der Waals surface area contributed by atoms with Gasteiger partial charge in [0.1, 0.15) is 0 Å². The smallest absolute Gasteiger partial charge is 0.373 e. The third-order valence-electron chi connectivity index (χ3n) is 8.64. The minimum atomic E-state index is -2.56. The Bertz CT molecular complexity index is 494. The summed E-state index contributed by atoms with van der Waals surface area (Å²) in [6.07, 6.45) is 29.0. The zero-order chi connectivity index (χ0) is 33.9. The second-order valence-electron chi connectivity index (χ2n) is 13.3. The van der Waals surface area contributed by atoms with E-state index in [2.05, 4.69) is 41.5 Å². The molecule has 0 aromatic carbocycles. The van der Waals surface area contributed by atoms with Gasteiger partial charge < -0.3 is 26.6 Å². The first-order valence-electron chi connectivity index (χ1n) is 20.4. The Morgan fingerprint density at radius 1 is 0.239 bits per heavy atom. The highest BCUT2D eigenvalue weighted by Crippen LogP contribution is 2.24. The third-order valence-corrected chi connectivity index (χ3v) is 14.4. The summed E-state index contributed by atoms with van der Waals surface area (Å²) >= 11 is 0. The maximum absolute atomic E-state index is 6.42. The van der Waals surface area contributed by atoms with E-state index in [0.717, 1.165) is 142 Å². The predicted octanol–water partition coefficient (Wildman–Crippen LogP) is 12.4. The molecule has 0 atom stereocenters. The first kappa shape index (κ1) is 46.2. The lowest BCUT2D eigenvalue weighted by Gasteiger charge is -2.30. The molecule has 0 heterocycles. The van der Waals surface area contributed by atoms with Crippen molar-refractivity contribution in [1.29, 1.82) is 0 Å². The van der Waals surface area contributed by atoms with Crippen molar-refractivity contribution in [1.82, 2.24) is 0 Å². The van der Waals surface area contributed by atoms with Gasteiger partial charge in [-0.3, -0.25) is 0 Å². The van der Waals surface area contributed by atoms with E-state index in [0.29, 0.717) is 0 Å². The molecule has 278 valence electrons. The van der Waals surface area contributed by atoms with Gasteiger partial charge in [0.05, 0.1) is 0 Å². The molecular weight excluding hydrogens is 609 g/mol. The fourth-order valence-corrected chi connectivity index (χ4v) is 10.8. The zero-order valence-electron chi connectivity index (χ0n) is 32.1. The van der Waals surface area contributed by atoms with E-state index in [9.17, 15) is 0 Å². The molecule has 0 unspecified atom stereocenters. The second-order valence-corrected chi connectivity index (χ2v) is 18.8. The Labute approximate surface area is 290 Å². The van der Waals surface area contributed by atoms with Crippen molar-refractivity contribution in [3.05, 3.63) is 0 Å². The molecule has 0 fully saturated rings. The minimum Gasteiger partial charge on any atom is -0.373 e. The summed E-state index contributed by atoms with van der Waals surface area (Å²) in [6.45, 7) is 18.0. The Hall–Kier alpha value is 0.194. The van der Waals surface area contributed by atoms with Crippen LogP contribution in [0.4, 0.5) is 0 Å². The average molecular weight is 691 g/mol. The van der Waals surface area contributed by atoms with E-state index < -0.39 is 17.6 Å². The summed E-state index contributed by atoms with van der Waals surface area (Å²) in [5, 5.41) is 0. The van der Waals surface area contributed by atoms with Crippen LogP contribution in [0.2, 0.25) is 12.1 Å². The van der Waals surface area contributed by atoms with Gasteiger partial charge in [-0.05, 0) is 51.4 Å². The van der Waals surface area contributed by atoms with Crippen LogP contribution in [0.15, 0.2) is 0 Å². The summed E-state index contributed by atoms with van der Waals surface area (Å²) in [5.41, 5.74) is 0. The van der Waals surface area contributed by atoms with Gasteiger partial charge >= 0.3 is 17.6 Å². The van der Waals surface area contributed by atoms with Crippen molar-refractivity contribution >= 4 is 17.6 Å². The third kappa shape index (κ3) is 27.1. The highest BCUT2D eigenvalue weighted by Gasteiger charge is 2.41. The van der Waals surface area contributed by atoms with Gasteiger partial charge in [0.2, 0.25) is 0 Å². The van der Waals surface area contributed by atoms with Crippen LogP contribution in [-0.2, 0) is 26.6 Å². The fourth-order valence-electron chi connectivity index (χ4n) is 5.37. The molecule has 0 amide bonds. The lowest BCUT2D eigenvalue weighted by atomic mass is 10.1. The Morgan fingerprint density at radius 3 is 0.587 bits per heavy atom. The molecule has 0 aromatic heterocycles. The average Bonchev–Trinajstić information content (AvgIpc) is 3.05. The van der Waals surface area contributed by atoms with E-state index in [4.69, 9.17) is 26.6 Å². The maximum atomic E-state index is 6.42. The molecule has 0 aromatic rings. The molecule has 0 rings (SSSR count). The first-order valence-corrected chi connectivity index (χ1v) is 24.3. The summed E-state index contributed by atoms with van der Waals surface area (Å²) < 4.78 is 38.5. The topological polar surface area (TPSA) is 55.4 Å². The van der Waals surface area contributed by atoms with E-state index >= 15 is 0 Å². The molecule has 46 heavy (non-hydrogen) atoms. The second kappa shape index (κ2) is 35.0. The van der Waals surface area contributed by atoms with Crippen molar-refractivity contribution in [3.63, 3.8) is 0 Å². The molecule has 0 bridgehead atoms. The molecule has 0 aliphatic rings. The molecule has 0 aliphatic heterocycles. The predicted molar refractivity (Wildman–Crippen MR) is 202 cm³/mol. The number of rotatable bonds is 39. The normalized spacial score (nSPS) is 12.4. The standard InChI is InChI=1S/C38H82O6Si2/c1-7-13-31-39-45(40-32-14-8-2,41-33-15-9-3)37-29-27-25-23-21-19-20-22-24-26-28-30-38-46(42-34-16-10-4,43-35-17-11-5)44-36-18-12-6/h7-38H2,1-6H3. The SMILES string of the molecule is CCCCO[Si](CCCCCCCCCCCCCC[Si](OCCCC)(OCCCC)OCCCC)(OCCCC)OCCCC. The van der Waals surface area contributed by atoms with Gasteiger partial charge in [-0.1, -0.05) is 144 Å².